The second-order valence-electron chi connectivity index (χ2n) is 5.42. The molecule has 6 heteroatoms. The van der Waals surface area contributed by atoms with E-state index >= 15 is 0 Å². The fraction of sp³-hybridized carbons (Fsp3) is 0.467. The zero-order chi connectivity index (χ0) is 15.6. The van der Waals surface area contributed by atoms with E-state index in [9.17, 15) is 12.8 Å². The Kier molecular flexibility index (Phi) is 4.67. The monoisotopic (exact) mass is 310 g/mol. The van der Waals surface area contributed by atoms with Gasteiger partial charge in [-0.25, -0.2) is 12.8 Å². The number of halogens is 1. The van der Waals surface area contributed by atoms with Gasteiger partial charge >= 0.3 is 0 Å². The molecule has 0 aliphatic carbocycles. The van der Waals surface area contributed by atoms with Gasteiger partial charge < -0.3 is 5.73 Å². The Labute approximate surface area is 125 Å². The first-order chi connectivity index (χ1) is 9.86. The molecule has 114 valence electrons. The minimum absolute atomic E-state index is 0.0474. The predicted octanol–water partition coefficient (Wildman–Crippen LogP) is 1.41. The molecule has 0 amide bonds. The van der Waals surface area contributed by atoms with Crippen LogP contribution in [0.2, 0.25) is 0 Å². The Balaban J connectivity index is 2.45. The molecule has 1 aromatic carbocycles. The number of benzene rings is 1. The summed E-state index contributed by atoms with van der Waals surface area (Å²) in [5.41, 5.74) is 5.46. The molecule has 1 fully saturated rings. The van der Waals surface area contributed by atoms with Crippen molar-refractivity contribution >= 4 is 10.0 Å². The highest BCUT2D eigenvalue weighted by Crippen LogP contribution is 2.29. The summed E-state index contributed by atoms with van der Waals surface area (Å²) in [6, 6.07) is 3.56. The second kappa shape index (κ2) is 6.14. The van der Waals surface area contributed by atoms with Gasteiger partial charge in [0.05, 0.1) is 11.4 Å². The molecule has 0 radical (unpaired) electrons. The van der Waals surface area contributed by atoms with E-state index in [1.165, 1.54) is 10.4 Å². The zero-order valence-electron chi connectivity index (χ0n) is 12.1. The van der Waals surface area contributed by atoms with Crippen molar-refractivity contribution < 1.29 is 12.8 Å². The number of nitrogens with two attached hydrogens (primary N) is 1. The van der Waals surface area contributed by atoms with Gasteiger partial charge in [-0.3, -0.25) is 0 Å². The van der Waals surface area contributed by atoms with Gasteiger partial charge in [-0.2, -0.15) is 4.31 Å². The number of hydrogen-bond acceptors (Lipinski definition) is 3. The second-order valence-corrected chi connectivity index (χ2v) is 7.33. The first kappa shape index (κ1) is 16.0. The summed E-state index contributed by atoms with van der Waals surface area (Å²) >= 11 is 0. The van der Waals surface area contributed by atoms with Gasteiger partial charge in [-0.1, -0.05) is 25.7 Å². The Morgan fingerprint density at radius 3 is 2.52 bits per heavy atom. The summed E-state index contributed by atoms with van der Waals surface area (Å²) < 4.78 is 40.3. The van der Waals surface area contributed by atoms with Crippen molar-refractivity contribution in [1.82, 2.24) is 4.31 Å². The third-order valence-corrected chi connectivity index (χ3v) is 5.73. The smallest absolute Gasteiger partial charge is 0.244 e. The summed E-state index contributed by atoms with van der Waals surface area (Å²) in [6.45, 7) is 5.10. The van der Waals surface area contributed by atoms with Crippen LogP contribution in [0.5, 0.6) is 0 Å². The topological polar surface area (TPSA) is 63.4 Å². The molecule has 1 saturated heterocycles. The Hall–Kier alpha value is -1.42. The van der Waals surface area contributed by atoms with Crippen molar-refractivity contribution in [2.24, 2.45) is 17.6 Å². The molecule has 1 heterocycles. The third kappa shape index (κ3) is 3.26. The SMILES string of the molecule is CC1CN(S(=O)(=O)c2ccc(F)cc2C#CCN)CC1C. The zero-order valence-corrected chi connectivity index (χ0v) is 13.0. The molecular weight excluding hydrogens is 291 g/mol. The van der Waals surface area contributed by atoms with Crippen LogP contribution in [0.25, 0.3) is 0 Å². The van der Waals surface area contributed by atoms with Gasteiger partial charge in [-0.15, -0.1) is 0 Å². The van der Waals surface area contributed by atoms with Crippen LogP contribution < -0.4 is 5.73 Å². The molecule has 0 saturated carbocycles. The quantitative estimate of drug-likeness (QED) is 0.840. The predicted molar refractivity (Wildman–Crippen MR) is 79.4 cm³/mol. The maximum absolute atomic E-state index is 13.4. The van der Waals surface area contributed by atoms with E-state index in [4.69, 9.17) is 5.73 Å². The molecule has 0 bridgehead atoms. The third-order valence-electron chi connectivity index (χ3n) is 3.84. The molecule has 4 nitrogen and oxygen atoms in total. The minimum Gasteiger partial charge on any atom is -0.320 e. The molecule has 21 heavy (non-hydrogen) atoms. The Morgan fingerprint density at radius 2 is 1.95 bits per heavy atom. The molecule has 1 aromatic rings. The van der Waals surface area contributed by atoms with Crippen molar-refractivity contribution in [3.05, 3.63) is 29.6 Å². The largest absolute Gasteiger partial charge is 0.320 e. The lowest BCUT2D eigenvalue weighted by molar-refractivity contribution is 0.463. The van der Waals surface area contributed by atoms with E-state index in [1.54, 1.807) is 0 Å². The van der Waals surface area contributed by atoms with Gasteiger partial charge in [0, 0.05) is 18.7 Å². The first-order valence-electron chi connectivity index (χ1n) is 6.85. The van der Waals surface area contributed by atoms with E-state index in [-0.39, 0.29) is 17.0 Å². The van der Waals surface area contributed by atoms with E-state index in [0.29, 0.717) is 24.9 Å². The molecule has 1 aliphatic heterocycles. The maximum Gasteiger partial charge on any atom is 0.244 e. The van der Waals surface area contributed by atoms with Crippen LogP contribution in [0.4, 0.5) is 4.39 Å². The lowest BCUT2D eigenvalue weighted by Gasteiger charge is -2.17. The van der Waals surface area contributed by atoms with Crippen LogP contribution in [0.1, 0.15) is 19.4 Å². The van der Waals surface area contributed by atoms with Crippen molar-refractivity contribution in [3.8, 4) is 11.8 Å². The fourth-order valence-corrected chi connectivity index (χ4v) is 4.15. The van der Waals surface area contributed by atoms with Crippen molar-refractivity contribution in [1.29, 1.82) is 0 Å². The highest BCUT2D eigenvalue weighted by Gasteiger charge is 2.35. The molecule has 2 atom stereocenters. The lowest BCUT2D eigenvalue weighted by Crippen LogP contribution is -2.29. The fourth-order valence-electron chi connectivity index (χ4n) is 2.38. The normalized spacial score (nSPS) is 22.9. The van der Waals surface area contributed by atoms with Gasteiger partial charge in [0.15, 0.2) is 0 Å². The van der Waals surface area contributed by atoms with Crippen molar-refractivity contribution in [2.45, 2.75) is 18.7 Å². The summed E-state index contributed by atoms with van der Waals surface area (Å²) in [5, 5.41) is 0. The summed E-state index contributed by atoms with van der Waals surface area (Å²) in [7, 11) is -3.66. The standard InChI is InChI=1S/C15H19FN2O2S/c1-11-9-18(10-12(11)2)21(19,20)15-6-5-14(16)8-13(15)4-3-7-17/h5-6,8,11-12H,7,9-10,17H2,1-2H3. The van der Waals surface area contributed by atoms with Crippen LogP contribution in [-0.2, 0) is 10.0 Å². The van der Waals surface area contributed by atoms with Gasteiger partial charge in [-0.05, 0) is 30.0 Å². The molecule has 2 rings (SSSR count). The van der Waals surface area contributed by atoms with E-state index in [2.05, 4.69) is 11.8 Å². The summed E-state index contributed by atoms with van der Waals surface area (Å²) in [4.78, 5) is 0.0474. The Morgan fingerprint density at radius 1 is 1.33 bits per heavy atom. The molecule has 2 N–H and O–H groups in total. The highest BCUT2D eigenvalue weighted by atomic mass is 32.2. The first-order valence-corrected chi connectivity index (χ1v) is 8.29. The lowest BCUT2D eigenvalue weighted by atomic mass is 10.0. The van der Waals surface area contributed by atoms with E-state index in [0.717, 1.165) is 12.1 Å². The summed E-state index contributed by atoms with van der Waals surface area (Å²) in [6.07, 6.45) is 0. The van der Waals surface area contributed by atoms with Gasteiger partial charge in [0.1, 0.15) is 5.82 Å². The van der Waals surface area contributed by atoms with Crippen LogP contribution in [0.3, 0.4) is 0 Å². The van der Waals surface area contributed by atoms with Gasteiger partial charge in [0.2, 0.25) is 10.0 Å². The van der Waals surface area contributed by atoms with Crippen molar-refractivity contribution in [2.75, 3.05) is 19.6 Å². The molecular formula is C15H19FN2O2S. The Bertz CT molecular complexity index is 681. The minimum atomic E-state index is -3.66. The summed E-state index contributed by atoms with van der Waals surface area (Å²) in [5.74, 6) is 5.32. The van der Waals surface area contributed by atoms with E-state index < -0.39 is 15.8 Å². The number of nitrogens with zero attached hydrogens (tertiary/aromatic N) is 1. The van der Waals surface area contributed by atoms with Crippen LogP contribution >= 0.6 is 0 Å². The van der Waals surface area contributed by atoms with Crippen molar-refractivity contribution in [3.63, 3.8) is 0 Å². The molecule has 1 aliphatic rings. The average molecular weight is 310 g/mol. The number of hydrogen-bond donors (Lipinski definition) is 1. The molecule has 0 spiro atoms. The van der Waals surface area contributed by atoms with Crippen LogP contribution in [-0.4, -0.2) is 32.4 Å². The molecule has 0 aromatic heterocycles. The number of rotatable bonds is 2. The van der Waals surface area contributed by atoms with Crippen LogP contribution in [0, 0.1) is 29.5 Å². The number of sulfonamides is 1. The van der Waals surface area contributed by atoms with E-state index in [1.807, 2.05) is 13.8 Å². The highest BCUT2D eigenvalue weighted by molar-refractivity contribution is 7.89. The average Bonchev–Trinajstić information content (AvgIpc) is 2.77. The van der Waals surface area contributed by atoms with Gasteiger partial charge in [0.25, 0.3) is 0 Å². The molecule has 2 unspecified atom stereocenters. The van der Waals surface area contributed by atoms with Crippen LogP contribution in [0.15, 0.2) is 23.1 Å². The maximum atomic E-state index is 13.4.